The van der Waals surface area contributed by atoms with Crippen molar-refractivity contribution >= 4 is 39.6 Å². The third-order valence-corrected chi connectivity index (χ3v) is 14.2. The van der Waals surface area contributed by atoms with E-state index in [1.807, 2.05) is 62.4 Å². The molecule has 8 rings (SSSR count). The molecule has 57 heavy (non-hydrogen) atoms. The van der Waals surface area contributed by atoms with E-state index in [-0.39, 0.29) is 59.9 Å². The van der Waals surface area contributed by atoms with Crippen molar-refractivity contribution < 1.29 is 42.6 Å². The summed E-state index contributed by atoms with van der Waals surface area (Å²) in [5.74, 6) is 5.26. The van der Waals surface area contributed by atoms with Gasteiger partial charge in [0.2, 0.25) is 0 Å². The molecule has 0 N–H and O–H groups in total. The predicted molar refractivity (Wildman–Crippen MR) is 231 cm³/mol. The smallest absolute Gasteiger partial charge is 0.121 e. The summed E-state index contributed by atoms with van der Waals surface area (Å²) in [5.41, 5.74) is 4.91. The van der Waals surface area contributed by atoms with Crippen LogP contribution >= 0.6 is 0 Å². The Hall–Kier alpha value is -4.41. The molecule has 0 amide bonds. The number of halogens is 1. The molecular formula is C50H50FGeIrN3O-2. The zero-order chi connectivity index (χ0) is 48.1. The van der Waals surface area contributed by atoms with Gasteiger partial charge in [0.05, 0.1) is 5.58 Å². The number of furan rings is 1. The van der Waals surface area contributed by atoms with Crippen LogP contribution in [0.5, 0.6) is 0 Å². The molecule has 0 bridgehead atoms. The summed E-state index contributed by atoms with van der Waals surface area (Å²) < 4.78 is 103. The van der Waals surface area contributed by atoms with Crippen LogP contribution < -0.4 is 4.40 Å². The van der Waals surface area contributed by atoms with E-state index in [0.717, 1.165) is 52.7 Å². The van der Waals surface area contributed by atoms with Crippen LogP contribution in [0.2, 0.25) is 17.3 Å². The van der Waals surface area contributed by atoms with E-state index in [4.69, 9.17) is 18.1 Å². The summed E-state index contributed by atoms with van der Waals surface area (Å²) in [4.78, 5) is 8.91. The first-order valence-electron chi connectivity index (χ1n) is 23.9. The van der Waals surface area contributed by atoms with Gasteiger partial charge in [0, 0.05) is 44.6 Å². The molecule has 3 aromatic heterocycles. The minimum Gasteiger partial charge on any atom is -0.501 e. The molecule has 0 aliphatic heterocycles. The van der Waals surface area contributed by atoms with Crippen molar-refractivity contribution in [3.8, 4) is 39.7 Å². The van der Waals surface area contributed by atoms with Gasteiger partial charge in [-0.1, -0.05) is 85.3 Å². The van der Waals surface area contributed by atoms with Gasteiger partial charge >= 0.3 is 143 Å². The minimum absolute atomic E-state index is 0. The normalized spacial score (nSPS) is 16.6. The first-order chi connectivity index (χ1) is 30.8. The number of hydrogen-bond donors (Lipinski definition) is 0. The van der Waals surface area contributed by atoms with Crippen molar-refractivity contribution in [1.29, 1.82) is 5.26 Å². The number of hydrogen-bond acceptors (Lipinski definition) is 4. The summed E-state index contributed by atoms with van der Waals surface area (Å²) in [6.07, 6.45) is 2.97. The molecule has 1 radical (unpaired) electrons. The van der Waals surface area contributed by atoms with Crippen LogP contribution in [-0.2, 0) is 32.9 Å². The fraction of sp³-hybridized carbons (Fsp3) is 0.300. The predicted octanol–water partition coefficient (Wildman–Crippen LogP) is 12.8. The number of aryl methyl sites for hydroxylation is 2. The summed E-state index contributed by atoms with van der Waals surface area (Å²) in [6.45, 7) is -1.31. The monoisotopic (exact) mass is 1000 g/mol. The molecule has 293 valence electrons. The quantitative estimate of drug-likeness (QED) is 0.112. The van der Waals surface area contributed by atoms with Gasteiger partial charge in [-0.05, 0) is 58.5 Å². The Morgan fingerprint density at radius 2 is 1.65 bits per heavy atom. The molecule has 0 atom stereocenters. The standard InChI is InChI=1S/C31H25N2O.C19H25FGeN.Ir/c1-20-15-28(33-19-25(20)16-21-7-5-6-8-21)26-13-12-24(18-32)30-27-14-11-23(17-29(27)34-31(26)30)22-9-3-2-4-10-22;1-13(2)9-15-11-19(22-12-18(15)21(4,5)6)16-8-7-14(3)10-17(16)20;/h2-4,9-12,14-15,17,19,21H,5-8,16H2,1H3;7,10-13H,9H2,1-6H3;/q2*-1;/i1D3,16D2;3D3,9D2;. The Balaban J connectivity index is 0.000000234. The average Bonchev–Trinajstić information content (AvgIpc) is 3.95. The van der Waals surface area contributed by atoms with E-state index < -0.39 is 45.5 Å². The number of rotatable bonds is 8. The molecular weight excluding hydrogens is 942 g/mol. The van der Waals surface area contributed by atoms with Crippen molar-refractivity contribution in [2.24, 2.45) is 11.8 Å². The van der Waals surface area contributed by atoms with Gasteiger partial charge in [-0.15, -0.1) is 12.1 Å². The number of nitrogens with zero attached hydrogens (tertiary/aromatic N) is 3. The van der Waals surface area contributed by atoms with Crippen molar-refractivity contribution in [2.75, 3.05) is 0 Å². The van der Waals surface area contributed by atoms with Gasteiger partial charge in [0.25, 0.3) is 0 Å². The second-order valence-electron chi connectivity index (χ2n) is 15.6. The van der Waals surface area contributed by atoms with Crippen LogP contribution in [0.3, 0.4) is 0 Å². The molecule has 0 unspecified atom stereocenters. The van der Waals surface area contributed by atoms with Crippen molar-refractivity contribution in [3.05, 3.63) is 137 Å². The summed E-state index contributed by atoms with van der Waals surface area (Å²) in [5, 5.41) is 11.2. The first kappa shape index (κ1) is 30.6. The SMILES string of the molecule is [2H]C([2H])([2H])c1c[c-]c(-c2cc(C([2H])([2H])C(C)C)[c]([Ge]([CH3])([CH3])[CH3])cn2)c(F)c1.[2H]C([2H])([2H])c1cc(-c2[c-]cc(C#N)c3c2oc2cc(-c4ccccc4)ccc23)ncc1C([2H])([2H])C1CCCC1.[Ir]. The van der Waals surface area contributed by atoms with Crippen LogP contribution in [-0.4, -0.2) is 23.2 Å². The van der Waals surface area contributed by atoms with E-state index >= 15 is 0 Å². The zero-order valence-electron chi connectivity index (χ0n) is 42.6. The molecule has 0 spiro atoms. The fourth-order valence-electron chi connectivity index (χ4n) is 7.19. The molecule has 4 nitrogen and oxygen atoms in total. The third-order valence-electron chi connectivity index (χ3n) is 9.96. The van der Waals surface area contributed by atoms with Gasteiger partial charge < -0.3 is 9.40 Å². The molecule has 1 aliphatic rings. The van der Waals surface area contributed by atoms with Crippen molar-refractivity contribution in [3.63, 3.8) is 0 Å². The number of benzene rings is 4. The van der Waals surface area contributed by atoms with Gasteiger partial charge in [-0.2, -0.15) is 0 Å². The molecule has 0 saturated heterocycles. The van der Waals surface area contributed by atoms with Crippen LogP contribution in [0.15, 0.2) is 95.7 Å². The average molecular weight is 1000 g/mol. The molecule has 1 fully saturated rings. The van der Waals surface area contributed by atoms with E-state index in [0.29, 0.717) is 38.9 Å². The van der Waals surface area contributed by atoms with Crippen LogP contribution in [0.4, 0.5) is 4.39 Å². The van der Waals surface area contributed by atoms with Gasteiger partial charge in [-0.25, -0.2) is 5.26 Å². The van der Waals surface area contributed by atoms with Crippen LogP contribution in [0.25, 0.3) is 55.6 Å². The van der Waals surface area contributed by atoms with Crippen LogP contribution in [0.1, 0.15) is 81.1 Å². The fourth-order valence-corrected chi connectivity index (χ4v) is 10.1. The molecule has 7 heteroatoms. The molecule has 3 heterocycles. The first-order valence-corrected chi connectivity index (χ1v) is 26.3. The van der Waals surface area contributed by atoms with Gasteiger partial charge in [0.15, 0.2) is 0 Å². The molecule has 1 saturated carbocycles. The number of aromatic nitrogens is 2. The Kier molecular flexibility index (Phi) is 9.69. The maximum absolute atomic E-state index is 14.6. The molecule has 7 aromatic rings. The topological polar surface area (TPSA) is 62.7 Å². The Labute approximate surface area is 367 Å². The summed E-state index contributed by atoms with van der Waals surface area (Å²) in [6, 6.07) is 30.6. The third kappa shape index (κ3) is 9.50. The van der Waals surface area contributed by atoms with Crippen LogP contribution in [0, 0.1) is 54.8 Å². The number of fused-ring (bicyclic) bond motifs is 3. The minimum atomic E-state index is -2.54. The van der Waals surface area contributed by atoms with E-state index in [1.165, 1.54) is 18.3 Å². The molecule has 4 aromatic carbocycles. The van der Waals surface area contributed by atoms with Gasteiger partial charge in [-0.3, -0.25) is 0 Å². The maximum Gasteiger partial charge on any atom is 0.121 e. The van der Waals surface area contributed by atoms with E-state index in [9.17, 15) is 9.65 Å². The van der Waals surface area contributed by atoms with Gasteiger partial charge in [0.1, 0.15) is 5.58 Å². The van der Waals surface area contributed by atoms with Crippen molar-refractivity contribution in [1.82, 2.24) is 9.97 Å². The van der Waals surface area contributed by atoms with E-state index in [1.54, 1.807) is 18.3 Å². The van der Waals surface area contributed by atoms with Crippen molar-refractivity contribution in [2.45, 2.75) is 83.2 Å². The second kappa shape index (κ2) is 18.0. The van der Waals surface area contributed by atoms with E-state index in [2.05, 4.69) is 45.4 Å². The Bertz CT molecular complexity index is 2970. The Morgan fingerprint density at radius 3 is 2.33 bits per heavy atom. The number of pyridine rings is 2. The largest absolute Gasteiger partial charge is 0.501 e. The Morgan fingerprint density at radius 1 is 0.912 bits per heavy atom. The summed E-state index contributed by atoms with van der Waals surface area (Å²) in [7, 11) is 0. The maximum atomic E-state index is 14.6. The second-order valence-corrected chi connectivity index (χ2v) is 26.2. The zero-order valence-corrected chi connectivity index (χ0v) is 37.1. The molecule has 1 aliphatic carbocycles. The number of nitriles is 1. The summed E-state index contributed by atoms with van der Waals surface area (Å²) >= 11 is -2.43.